The van der Waals surface area contributed by atoms with Gasteiger partial charge in [0, 0.05) is 28.1 Å². The maximum absolute atomic E-state index is 12.0. The number of thioether (sulfide) groups is 1. The minimum atomic E-state index is -3.44. The Labute approximate surface area is 145 Å². The smallest absolute Gasteiger partial charge is 0.210 e. The third-order valence-corrected chi connectivity index (χ3v) is 6.07. The molecule has 2 aromatic rings. The van der Waals surface area contributed by atoms with Crippen LogP contribution in [0.25, 0.3) is 0 Å². The molecule has 0 bridgehead atoms. The predicted octanol–water partition coefficient (Wildman–Crippen LogP) is 4.21. The molecule has 0 aliphatic heterocycles. The van der Waals surface area contributed by atoms with Crippen LogP contribution in [-0.4, -0.2) is 20.7 Å². The molecule has 0 spiro atoms. The average molecular weight is 376 g/mol. The Kier molecular flexibility index (Phi) is 6.59. The van der Waals surface area contributed by atoms with Crippen LogP contribution in [0.1, 0.15) is 5.56 Å². The fourth-order valence-electron chi connectivity index (χ4n) is 1.78. The van der Waals surface area contributed by atoms with Crippen LogP contribution < -0.4 is 4.72 Å². The molecule has 7 heteroatoms. The van der Waals surface area contributed by atoms with Crippen molar-refractivity contribution < 1.29 is 8.42 Å². The lowest BCUT2D eigenvalue weighted by Crippen LogP contribution is -2.26. The van der Waals surface area contributed by atoms with Crippen molar-refractivity contribution in [2.45, 2.75) is 10.6 Å². The third-order valence-electron chi connectivity index (χ3n) is 2.90. The average Bonchev–Trinajstić information content (AvgIpc) is 2.50. The van der Waals surface area contributed by atoms with Gasteiger partial charge in [-0.15, -0.1) is 0 Å². The van der Waals surface area contributed by atoms with E-state index in [0.29, 0.717) is 28.1 Å². The summed E-state index contributed by atoms with van der Waals surface area (Å²) < 4.78 is 26.6. The SMILES string of the molecule is O=S(=O)(NCCSCc1c(Cl)cccc1Cl)c1ccccc1. The lowest BCUT2D eigenvalue weighted by molar-refractivity contribution is 0.584. The van der Waals surface area contributed by atoms with Gasteiger partial charge in [-0.05, 0) is 29.8 Å². The number of hydrogen-bond donors (Lipinski definition) is 1. The quantitative estimate of drug-likeness (QED) is 0.737. The molecule has 0 heterocycles. The number of rotatable bonds is 7. The van der Waals surface area contributed by atoms with Gasteiger partial charge in [0.05, 0.1) is 4.90 Å². The van der Waals surface area contributed by atoms with Gasteiger partial charge in [-0.3, -0.25) is 0 Å². The molecule has 0 saturated heterocycles. The van der Waals surface area contributed by atoms with Crippen LogP contribution in [0.15, 0.2) is 53.4 Å². The number of halogens is 2. The van der Waals surface area contributed by atoms with E-state index in [4.69, 9.17) is 23.2 Å². The first-order chi connectivity index (χ1) is 10.5. The molecule has 22 heavy (non-hydrogen) atoms. The second-order valence-electron chi connectivity index (χ2n) is 4.46. The van der Waals surface area contributed by atoms with Crippen molar-refractivity contribution in [3.05, 3.63) is 64.1 Å². The molecule has 0 amide bonds. The van der Waals surface area contributed by atoms with Crippen molar-refractivity contribution >= 4 is 45.0 Å². The highest BCUT2D eigenvalue weighted by Gasteiger charge is 2.12. The van der Waals surface area contributed by atoms with E-state index in [0.717, 1.165) is 5.56 Å². The van der Waals surface area contributed by atoms with Crippen molar-refractivity contribution in [1.82, 2.24) is 4.72 Å². The fraction of sp³-hybridized carbons (Fsp3) is 0.200. The molecule has 1 N–H and O–H groups in total. The van der Waals surface area contributed by atoms with E-state index < -0.39 is 10.0 Å². The Morgan fingerprint density at radius 3 is 2.23 bits per heavy atom. The van der Waals surface area contributed by atoms with Crippen molar-refractivity contribution in [2.75, 3.05) is 12.3 Å². The molecule has 3 nitrogen and oxygen atoms in total. The highest BCUT2D eigenvalue weighted by Crippen LogP contribution is 2.28. The molecule has 0 aromatic heterocycles. The zero-order chi connectivity index (χ0) is 16.0. The van der Waals surface area contributed by atoms with Crippen LogP contribution >= 0.6 is 35.0 Å². The Morgan fingerprint density at radius 2 is 1.59 bits per heavy atom. The van der Waals surface area contributed by atoms with E-state index in [1.54, 1.807) is 60.3 Å². The third kappa shape index (κ3) is 4.89. The van der Waals surface area contributed by atoms with Gasteiger partial charge in [0.15, 0.2) is 0 Å². The Bertz CT molecular complexity index is 701. The monoisotopic (exact) mass is 375 g/mol. The predicted molar refractivity (Wildman–Crippen MR) is 94.3 cm³/mol. The summed E-state index contributed by atoms with van der Waals surface area (Å²) in [5, 5.41) is 1.26. The standard InChI is InChI=1S/C15H15Cl2NO2S2/c16-14-7-4-8-15(17)13(14)11-21-10-9-18-22(19,20)12-5-2-1-3-6-12/h1-8,18H,9-11H2. The van der Waals surface area contributed by atoms with Gasteiger partial charge >= 0.3 is 0 Å². The first-order valence-corrected chi connectivity index (χ1v) is 9.95. The van der Waals surface area contributed by atoms with Gasteiger partial charge in [0.1, 0.15) is 0 Å². The molecule has 0 radical (unpaired) electrons. The topological polar surface area (TPSA) is 46.2 Å². The van der Waals surface area contributed by atoms with Gasteiger partial charge in [-0.1, -0.05) is 47.5 Å². The van der Waals surface area contributed by atoms with E-state index in [1.807, 2.05) is 0 Å². The zero-order valence-electron chi connectivity index (χ0n) is 11.6. The van der Waals surface area contributed by atoms with Crippen molar-refractivity contribution in [2.24, 2.45) is 0 Å². The summed E-state index contributed by atoms with van der Waals surface area (Å²) >= 11 is 13.7. The summed E-state index contributed by atoms with van der Waals surface area (Å²) in [5.74, 6) is 1.28. The minimum Gasteiger partial charge on any atom is -0.210 e. The van der Waals surface area contributed by atoms with Crippen LogP contribution in [0.3, 0.4) is 0 Å². The minimum absolute atomic E-state index is 0.272. The highest BCUT2D eigenvalue weighted by atomic mass is 35.5. The highest BCUT2D eigenvalue weighted by molar-refractivity contribution is 7.98. The molecule has 118 valence electrons. The maximum Gasteiger partial charge on any atom is 0.240 e. The fourth-order valence-corrected chi connectivity index (χ4v) is 4.55. The number of hydrogen-bond acceptors (Lipinski definition) is 3. The molecular formula is C15H15Cl2NO2S2. The Hall–Kier alpha value is -0.720. The molecular weight excluding hydrogens is 361 g/mol. The first-order valence-electron chi connectivity index (χ1n) is 6.56. The van der Waals surface area contributed by atoms with E-state index in [-0.39, 0.29) is 4.90 Å². The summed E-state index contributed by atoms with van der Waals surface area (Å²) in [6.45, 7) is 0.351. The molecule has 2 aromatic carbocycles. The van der Waals surface area contributed by atoms with E-state index >= 15 is 0 Å². The Balaban J connectivity index is 1.81. The maximum atomic E-state index is 12.0. The normalized spacial score (nSPS) is 11.5. The van der Waals surface area contributed by atoms with Crippen LogP contribution in [0.4, 0.5) is 0 Å². The van der Waals surface area contributed by atoms with Gasteiger partial charge in [0.2, 0.25) is 10.0 Å². The second kappa shape index (κ2) is 8.22. The van der Waals surface area contributed by atoms with Gasteiger partial charge in [-0.25, -0.2) is 13.1 Å². The Morgan fingerprint density at radius 1 is 0.955 bits per heavy atom. The summed E-state index contributed by atoms with van der Waals surface area (Å²) in [5.41, 5.74) is 0.877. The van der Waals surface area contributed by atoms with Crippen LogP contribution in [0.5, 0.6) is 0 Å². The number of nitrogens with one attached hydrogen (secondary N) is 1. The van der Waals surface area contributed by atoms with E-state index in [1.165, 1.54) is 0 Å². The zero-order valence-corrected chi connectivity index (χ0v) is 14.8. The molecule has 0 atom stereocenters. The molecule has 0 aliphatic rings. The molecule has 2 rings (SSSR count). The summed E-state index contributed by atoms with van der Waals surface area (Å²) in [6.07, 6.45) is 0. The molecule has 0 fully saturated rings. The summed E-state index contributed by atoms with van der Waals surface area (Å²) in [4.78, 5) is 0.272. The van der Waals surface area contributed by atoms with Gasteiger partial charge < -0.3 is 0 Å². The van der Waals surface area contributed by atoms with Crippen LogP contribution in [0.2, 0.25) is 10.0 Å². The van der Waals surface area contributed by atoms with Crippen LogP contribution in [0, 0.1) is 0 Å². The second-order valence-corrected chi connectivity index (χ2v) is 8.15. The first kappa shape index (κ1) is 17.6. The van der Waals surface area contributed by atoms with E-state index in [2.05, 4.69) is 4.72 Å². The number of benzene rings is 2. The summed E-state index contributed by atoms with van der Waals surface area (Å²) in [7, 11) is -3.44. The van der Waals surface area contributed by atoms with Crippen LogP contribution in [-0.2, 0) is 15.8 Å². The van der Waals surface area contributed by atoms with Crippen molar-refractivity contribution in [1.29, 1.82) is 0 Å². The van der Waals surface area contributed by atoms with Gasteiger partial charge in [0.25, 0.3) is 0 Å². The molecule has 0 unspecified atom stereocenters. The van der Waals surface area contributed by atoms with E-state index in [9.17, 15) is 8.42 Å². The number of sulfonamides is 1. The molecule has 0 aliphatic carbocycles. The lowest BCUT2D eigenvalue weighted by Gasteiger charge is -2.08. The lowest BCUT2D eigenvalue weighted by atomic mass is 10.2. The van der Waals surface area contributed by atoms with Crippen molar-refractivity contribution in [3.8, 4) is 0 Å². The van der Waals surface area contributed by atoms with Gasteiger partial charge in [-0.2, -0.15) is 11.8 Å². The largest absolute Gasteiger partial charge is 0.240 e. The summed E-state index contributed by atoms with van der Waals surface area (Å²) in [6, 6.07) is 13.7. The molecule has 0 saturated carbocycles. The van der Waals surface area contributed by atoms with Crippen molar-refractivity contribution in [3.63, 3.8) is 0 Å².